The van der Waals surface area contributed by atoms with Gasteiger partial charge in [-0.3, -0.25) is 0 Å². The van der Waals surface area contributed by atoms with Gasteiger partial charge in [0.05, 0.1) is 12.2 Å². The number of rotatable bonds is 31. The molecular formula is C45H79NO2. The summed E-state index contributed by atoms with van der Waals surface area (Å²) in [6.07, 6.45) is 55.5. The number of allylic oxidation sites excluding steroid dienone is 8. The molecule has 1 heterocycles. The first kappa shape index (κ1) is 41.3. The molecule has 1 saturated heterocycles. The summed E-state index contributed by atoms with van der Waals surface area (Å²) in [5.74, 6) is 1.03. The van der Waals surface area contributed by atoms with Crippen molar-refractivity contribution in [3.8, 4) is 0 Å². The first-order chi connectivity index (χ1) is 23.7. The number of unbranched alkanes of at least 4 members (excludes halogenated alkanes) is 18. The Morgan fingerprint density at radius 3 is 1.42 bits per heavy atom. The minimum Gasteiger partial charge on any atom is -0.344 e. The highest BCUT2D eigenvalue weighted by Crippen LogP contribution is 2.55. The van der Waals surface area contributed by atoms with Crippen LogP contribution in [0.5, 0.6) is 0 Å². The van der Waals surface area contributed by atoms with Crippen LogP contribution in [0.25, 0.3) is 0 Å². The van der Waals surface area contributed by atoms with Crippen molar-refractivity contribution in [1.29, 1.82) is 0 Å². The highest BCUT2D eigenvalue weighted by molar-refractivity contribution is 5.09. The van der Waals surface area contributed by atoms with E-state index in [0.717, 1.165) is 25.7 Å². The molecule has 1 aliphatic heterocycles. The molecule has 48 heavy (non-hydrogen) atoms. The maximum Gasteiger partial charge on any atom is 0.169 e. The largest absolute Gasteiger partial charge is 0.344 e. The molecule has 3 fully saturated rings. The van der Waals surface area contributed by atoms with Gasteiger partial charge in [-0.2, -0.15) is 0 Å². The second-order valence-electron chi connectivity index (χ2n) is 15.5. The fourth-order valence-corrected chi connectivity index (χ4v) is 8.55. The van der Waals surface area contributed by atoms with Gasteiger partial charge in [-0.15, -0.1) is 0 Å². The number of nitrogens with one attached hydrogen (secondary N) is 1. The summed E-state index contributed by atoms with van der Waals surface area (Å²) in [7, 11) is 2.13. The van der Waals surface area contributed by atoms with Crippen molar-refractivity contribution < 1.29 is 9.47 Å². The van der Waals surface area contributed by atoms with E-state index in [9.17, 15) is 0 Å². The SMILES string of the molecule is CCCCC/C=C\C/C=C\CCCCCCCCC1(CCCCCC/C=C\C/C=C\CCCCCCC)O[C@@H]2[C@@H]3C[C@H]([C@@H]2O1)[C@H](NC)C3. The van der Waals surface area contributed by atoms with Gasteiger partial charge in [-0.1, -0.05) is 140 Å². The third-order valence-corrected chi connectivity index (χ3v) is 11.4. The summed E-state index contributed by atoms with van der Waals surface area (Å²) in [6.45, 7) is 4.56. The van der Waals surface area contributed by atoms with Crippen LogP contribution in [0, 0.1) is 11.8 Å². The normalized spacial score (nSPS) is 26.9. The lowest BCUT2D eigenvalue weighted by Gasteiger charge is -2.30. The minimum absolute atomic E-state index is 0.313. The van der Waals surface area contributed by atoms with E-state index in [0.29, 0.717) is 30.1 Å². The molecule has 0 aromatic heterocycles. The average Bonchev–Trinajstić information content (AvgIpc) is 3.79. The van der Waals surface area contributed by atoms with Crippen molar-refractivity contribution >= 4 is 0 Å². The van der Waals surface area contributed by atoms with Crippen LogP contribution in [0.1, 0.15) is 194 Å². The summed E-state index contributed by atoms with van der Waals surface area (Å²) >= 11 is 0. The molecule has 3 aliphatic rings. The first-order valence-corrected chi connectivity index (χ1v) is 21.4. The molecule has 276 valence electrons. The van der Waals surface area contributed by atoms with E-state index in [4.69, 9.17) is 9.47 Å². The van der Waals surface area contributed by atoms with Gasteiger partial charge >= 0.3 is 0 Å². The lowest BCUT2D eigenvalue weighted by Crippen LogP contribution is -2.43. The molecule has 0 aromatic rings. The lowest BCUT2D eigenvalue weighted by molar-refractivity contribution is -0.196. The van der Waals surface area contributed by atoms with E-state index < -0.39 is 0 Å². The zero-order valence-electron chi connectivity index (χ0n) is 32.1. The van der Waals surface area contributed by atoms with Crippen LogP contribution < -0.4 is 5.32 Å². The topological polar surface area (TPSA) is 30.5 Å². The molecule has 2 aliphatic carbocycles. The van der Waals surface area contributed by atoms with E-state index in [1.807, 2.05) is 0 Å². The van der Waals surface area contributed by atoms with Crippen LogP contribution in [-0.4, -0.2) is 31.1 Å². The second kappa shape index (κ2) is 26.6. The van der Waals surface area contributed by atoms with Crippen molar-refractivity contribution in [2.24, 2.45) is 11.8 Å². The van der Waals surface area contributed by atoms with Crippen LogP contribution in [0.15, 0.2) is 48.6 Å². The van der Waals surface area contributed by atoms with E-state index in [1.54, 1.807) is 0 Å². The van der Waals surface area contributed by atoms with E-state index in [1.165, 1.54) is 154 Å². The summed E-state index contributed by atoms with van der Waals surface area (Å²) in [5, 5.41) is 3.59. The number of ether oxygens (including phenoxy) is 2. The Balaban J connectivity index is 1.26. The van der Waals surface area contributed by atoms with E-state index >= 15 is 0 Å². The molecule has 0 amide bonds. The van der Waals surface area contributed by atoms with Gasteiger partial charge in [-0.25, -0.2) is 0 Å². The van der Waals surface area contributed by atoms with Gasteiger partial charge < -0.3 is 14.8 Å². The minimum atomic E-state index is -0.313. The van der Waals surface area contributed by atoms with Crippen molar-refractivity contribution in [3.05, 3.63) is 48.6 Å². The summed E-state index contributed by atoms with van der Waals surface area (Å²) in [4.78, 5) is 0. The number of fused-ring (bicyclic) bond motifs is 5. The summed E-state index contributed by atoms with van der Waals surface area (Å²) in [6, 6.07) is 0.622. The third kappa shape index (κ3) is 16.2. The van der Waals surface area contributed by atoms with Crippen LogP contribution >= 0.6 is 0 Å². The Morgan fingerprint density at radius 2 is 0.917 bits per heavy atom. The number of hydrogen-bond acceptors (Lipinski definition) is 3. The molecule has 3 rings (SSSR count). The summed E-state index contributed by atoms with van der Waals surface area (Å²) in [5.41, 5.74) is 0. The standard InChI is InChI=1S/C45H79NO2/c1-4-6-8-10-12-14-16-18-20-22-24-26-28-30-32-34-36-45(47-43-40-38-41(44(43)48-45)42(39-40)46-3)37-35-33-31-29-27-25-23-21-19-17-15-13-11-9-7-5-2/h12,14,17-20,23,25,40-44,46H,4-11,13,15-16,21-22,24,26-39H2,1-3H3/b14-12-,19-17-,20-18-,25-23-/t40-,41+,42-,43-,44+,45?/m1/s1. The van der Waals surface area contributed by atoms with Gasteiger partial charge in [0.2, 0.25) is 0 Å². The Bertz CT molecular complexity index is 889. The van der Waals surface area contributed by atoms with Gasteiger partial charge in [0.1, 0.15) is 0 Å². The van der Waals surface area contributed by atoms with Gasteiger partial charge in [0, 0.05) is 24.8 Å². The molecule has 1 N–H and O–H groups in total. The van der Waals surface area contributed by atoms with Crippen LogP contribution in [0.2, 0.25) is 0 Å². The zero-order chi connectivity index (χ0) is 34.0. The predicted molar refractivity (Wildman–Crippen MR) is 209 cm³/mol. The van der Waals surface area contributed by atoms with Gasteiger partial charge in [0.15, 0.2) is 5.79 Å². The van der Waals surface area contributed by atoms with E-state index in [2.05, 4.69) is 74.8 Å². The van der Waals surface area contributed by atoms with Gasteiger partial charge in [-0.05, 0) is 103 Å². The lowest BCUT2D eigenvalue weighted by atomic mass is 9.91. The monoisotopic (exact) mass is 666 g/mol. The van der Waals surface area contributed by atoms with Crippen LogP contribution in [0.3, 0.4) is 0 Å². The zero-order valence-corrected chi connectivity index (χ0v) is 32.1. The molecule has 0 aromatic carbocycles. The predicted octanol–water partition coefficient (Wildman–Crippen LogP) is 13.5. The molecule has 2 saturated carbocycles. The molecule has 0 spiro atoms. The maximum absolute atomic E-state index is 7.00. The Hall–Kier alpha value is -1.16. The molecule has 3 heteroatoms. The smallest absolute Gasteiger partial charge is 0.169 e. The Morgan fingerprint density at radius 1 is 0.500 bits per heavy atom. The molecule has 2 bridgehead atoms. The highest BCUT2D eigenvalue weighted by atomic mass is 16.8. The maximum atomic E-state index is 7.00. The fraction of sp³-hybridized carbons (Fsp3) is 0.822. The Labute approximate surface area is 299 Å². The van der Waals surface area contributed by atoms with Crippen molar-refractivity contribution in [2.75, 3.05) is 7.05 Å². The van der Waals surface area contributed by atoms with Crippen molar-refractivity contribution in [1.82, 2.24) is 5.32 Å². The third-order valence-electron chi connectivity index (χ3n) is 11.4. The first-order valence-electron chi connectivity index (χ1n) is 21.4. The average molecular weight is 666 g/mol. The fourth-order valence-electron chi connectivity index (χ4n) is 8.55. The van der Waals surface area contributed by atoms with Crippen molar-refractivity contribution in [3.63, 3.8) is 0 Å². The van der Waals surface area contributed by atoms with Gasteiger partial charge in [0.25, 0.3) is 0 Å². The molecule has 0 radical (unpaired) electrons. The van der Waals surface area contributed by atoms with Crippen LogP contribution in [-0.2, 0) is 9.47 Å². The molecule has 1 unspecified atom stereocenters. The molecule has 3 nitrogen and oxygen atoms in total. The van der Waals surface area contributed by atoms with Crippen molar-refractivity contribution in [2.45, 2.75) is 218 Å². The van der Waals surface area contributed by atoms with Crippen LogP contribution in [0.4, 0.5) is 0 Å². The quantitative estimate of drug-likeness (QED) is 0.0590. The number of hydrogen-bond donors (Lipinski definition) is 1. The Kier molecular flexibility index (Phi) is 22.9. The van der Waals surface area contributed by atoms with E-state index in [-0.39, 0.29) is 5.79 Å². The second-order valence-corrected chi connectivity index (χ2v) is 15.5. The highest BCUT2D eigenvalue weighted by Gasteiger charge is 2.61. The summed E-state index contributed by atoms with van der Waals surface area (Å²) < 4.78 is 14.0. The molecule has 6 atom stereocenters. The molecular weight excluding hydrogens is 587 g/mol.